The summed E-state index contributed by atoms with van der Waals surface area (Å²) in [6, 6.07) is 9.56. The molecule has 4 heteroatoms. The van der Waals surface area contributed by atoms with Crippen LogP contribution in [0.3, 0.4) is 0 Å². The van der Waals surface area contributed by atoms with Crippen LogP contribution in [0.1, 0.15) is 5.69 Å². The van der Waals surface area contributed by atoms with E-state index >= 15 is 0 Å². The minimum absolute atomic E-state index is 0.0370. The molecule has 4 nitrogen and oxygen atoms in total. The molecule has 2 heterocycles. The molecule has 0 radical (unpaired) electrons. The molecule has 0 aliphatic rings. The van der Waals surface area contributed by atoms with Gasteiger partial charge < -0.3 is 0 Å². The number of fused-ring (bicyclic) bond motifs is 3. The average Bonchev–Trinajstić information content (AvgIpc) is 2.54. The van der Waals surface area contributed by atoms with Crippen LogP contribution < -0.4 is 10.00 Å². The molecular formula is C12H12N3O+. The number of aryl methyl sites for hydroxylation is 2. The minimum atomic E-state index is 0.0370. The third-order valence-corrected chi connectivity index (χ3v) is 2.87. The van der Waals surface area contributed by atoms with Crippen LogP contribution in [0.4, 0.5) is 0 Å². The van der Waals surface area contributed by atoms with Gasteiger partial charge in [0, 0.05) is 6.07 Å². The average molecular weight is 214 g/mol. The second-order valence-corrected chi connectivity index (χ2v) is 4.01. The van der Waals surface area contributed by atoms with Crippen molar-refractivity contribution in [3.63, 3.8) is 0 Å². The van der Waals surface area contributed by atoms with Crippen molar-refractivity contribution in [3.05, 3.63) is 46.2 Å². The van der Waals surface area contributed by atoms with Gasteiger partial charge in [-0.1, -0.05) is 12.1 Å². The lowest BCUT2D eigenvalue weighted by molar-refractivity contribution is -0.619. The number of benzene rings is 1. The molecule has 1 N–H and O–H groups in total. The Morgan fingerprint density at radius 1 is 1.31 bits per heavy atom. The maximum atomic E-state index is 11.9. The molecule has 0 unspecified atom stereocenters. The van der Waals surface area contributed by atoms with Gasteiger partial charge >= 0.3 is 5.65 Å². The molecule has 0 aliphatic heterocycles. The number of nitrogens with one attached hydrogen (secondary N) is 1. The lowest BCUT2D eigenvalue weighted by Gasteiger charge is -1.91. The first-order valence-electron chi connectivity index (χ1n) is 5.17. The number of hydrogen-bond donors (Lipinski definition) is 1. The van der Waals surface area contributed by atoms with E-state index in [1.165, 1.54) is 0 Å². The van der Waals surface area contributed by atoms with Gasteiger partial charge in [-0.3, -0.25) is 4.79 Å². The van der Waals surface area contributed by atoms with Gasteiger partial charge in [0.05, 0.1) is 12.7 Å². The molecule has 1 aromatic carbocycles. The van der Waals surface area contributed by atoms with Crippen molar-refractivity contribution >= 4 is 16.7 Å². The van der Waals surface area contributed by atoms with Crippen molar-refractivity contribution in [2.24, 2.45) is 7.05 Å². The maximum Gasteiger partial charge on any atom is 0.354 e. The number of hydrogen-bond acceptors (Lipinski definition) is 1. The second kappa shape index (κ2) is 2.95. The molecule has 0 aliphatic carbocycles. The zero-order valence-electron chi connectivity index (χ0n) is 9.19. The molecule has 0 atom stereocenters. The van der Waals surface area contributed by atoms with Crippen molar-refractivity contribution in [1.82, 2.24) is 9.61 Å². The molecule has 16 heavy (non-hydrogen) atoms. The third-order valence-electron chi connectivity index (χ3n) is 2.87. The summed E-state index contributed by atoms with van der Waals surface area (Å²) in [5.41, 5.74) is 3.61. The number of para-hydroxylation sites is 2. The Kier molecular flexibility index (Phi) is 1.68. The van der Waals surface area contributed by atoms with Gasteiger partial charge in [0.1, 0.15) is 0 Å². The molecule has 3 aromatic rings. The fraction of sp³-hybridized carbons (Fsp3) is 0.167. The van der Waals surface area contributed by atoms with E-state index in [0.29, 0.717) is 5.65 Å². The lowest BCUT2D eigenvalue weighted by atomic mass is 10.3. The summed E-state index contributed by atoms with van der Waals surface area (Å²) in [4.78, 5) is 11.9. The monoisotopic (exact) mass is 214 g/mol. The summed E-state index contributed by atoms with van der Waals surface area (Å²) in [5.74, 6) is 0. The Labute approximate surface area is 91.7 Å². The Hall–Kier alpha value is -2.10. The van der Waals surface area contributed by atoms with Crippen LogP contribution in [-0.4, -0.2) is 9.61 Å². The molecule has 0 amide bonds. The fourth-order valence-electron chi connectivity index (χ4n) is 2.17. The lowest BCUT2D eigenvalue weighted by Crippen LogP contribution is -2.32. The predicted molar refractivity (Wildman–Crippen MR) is 61.4 cm³/mol. The highest BCUT2D eigenvalue weighted by atomic mass is 16.1. The Balaban J connectivity index is 2.73. The van der Waals surface area contributed by atoms with E-state index in [1.807, 2.05) is 47.3 Å². The van der Waals surface area contributed by atoms with Crippen molar-refractivity contribution in [1.29, 1.82) is 0 Å². The second-order valence-electron chi connectivity index (χ2n) is 4.01. The first-order valence-corrected chi connectivity index (χ1v) is 5.17. The minimum Gasteiger partial charge on any atom is -0.281 e. The van der Waals surface area contributed by atoms with Crippen LogP contribution in [0.25, 0.3) is 16.7 Å². The molecule has 80 valence electrons. The number of rotatable bonds is 0. The standard InChI is InChI=1S/C12H11N3O/c1-8-7-11(16)12-14(2)9-5-3-4-6-10(9)15(12)13-8/h3-7H,1-2H3/p+1. The van der Waals surface area contributed by atoms with Crippen LogP contribution in [0, 0.1) is 6.92 Å². The molecule has 0 saturated heterocycles. The van der Waals surface area contributed by atoms with Crippen molar-refractivity contribution in [3.8, 4) is 0 Å². The van der Waals surface area contributed by atoms with Crippen LogP contribution in [0.15, 0.2) is 35.1 Å². The van der Waals surface area contributed by atoms with Gasteiger partial charge in [0.15, 0.2) is 5.52 Å². The van der Waals surface area contributed by atoms with E-state index in [0.717, 1.165) is 16.7 Å². The Bertz CT molecular complexity index is 752. The van der Waals surface area contributed by atoms with Crippen LogP contribution >= 0.6 is 0 Å². The number of nitrogens with zero attached hydrogens (tertiary/aromatic N) is 2. The number of H-pyrrole nitrogens is 1. The summed E-state index contributed by atoms with van der Waals surface area (Å²) in [7, 11) is 1.90. The highest BCUT2D eigenvalue weighted by Gasteiger charge is 2.19. The smallest absolute Gasteiger partial charge is 0.281 e. The van der Waals surface area contributed by atoms with Gasteiger partial charge in [-0.15, -0.1) is 4.52 Å². The Morgan fingerprint density at radius 3 is 2.88 bits per heavy atom. The first kappa shape index (κ1) is 9.15. The van der Waals surface area contributed by atoms with Gasteiger partial charge in [-0.2, -0.15) is 0 Å². The molecule has 3 rings (SSSR count). The largest absolute Gasteiger partial charge is 0.354 e. The number of imidazole rings is 1. The van der Waals surface area contributed by atoms with Crippen molar-refractivity contribution in [2.45, 2.75) is 6.92 Å². The van der Waals surface area contributed by atoms with E-state index in [-0.39, 0.29) is 5.43 Å². The summed E-state index contributed by atoms with van der Waals surface area (Å²) in [6.07, 6.45) is 0. The highest BCUT2D eigenvalue weighted by Crippen LogP contribution is 2.10. The van der Waals surface area contributed by atoms with E-state index in [9.17, 15) is 4.79 Å². The van der Waals surface area contributed by atoms with Crippen LogP contribution in [0.2, 0.25) is 0 Å². The van der Waals surface area contributed by atoms with E-state index in [1.54, 1.807) is 6.07 Å². The molecule has 0 saturated carbocycles. The molecule has 0 spiro atoms. The highest BCUT2D eigenvalue weighted by molar-refractivity contribution is 5.74. The van der Waals surface area contributed by atoms with Crippen LogP contribution in [-0.2, 0) is 7.05 Å². The molecule has 2 aromatic heterocycles. The fourth-order valence-corrected chi connectivity index (χ4v) is 2.17. The maximum absolute atomic E-state index is 11.9. The zero-order chi connectivity index (χ0) is 11.3. The van der Waals surface area contributed by atoms with Gasteiger partial charge in [-0.05, 0) is 19.1 Å². The summed E-state index contributed by atoms with van der Waals surface area (Å²) in [6.45, 7) is 1.88. The van der Waals surface area contributed by atoms with Gasteiger partial charge in [0.2, 0.25) is 5.52 Å². The third kappa shape index (κ3) is 1.04. The summed E-state index contributed by atoms with van der Waals surface area (Å²) >= 11 is 0. The predicted octanol–water partition coefficient (Wildman–Crippen LogP) is 0.914. The summed E-state index contributed by atoms with van der Waals surface area (Å²) in [5, 5.41) is 3.19. The van der Waals surface area contributed by atoms with Crippen LogP contribution in [0.5, 0.6) is 0 Å². The van der Waals surface area contributed by atoms with E-state index in [4.69, 9.17) is 0 Å². The van der Waals surface area contributed by atoms with Crippen molar-refractivity contribution < 1.29 is 4.57 Å². The number of aromatic nitrogens is 3. The first-order chi connectivity index (χ1) is 7.68. The quantitative estimate of drug-likeness (QED) is 0.555. The number of aromatic amines is 1. The van der Waals surface area contributed by atoms with E-state index < -0.39 is 0 Å². The Morgan fingerprint density at radius 2 is 2.06 bits per heavy atom. The summed E-state index contributed by atoms with van der Waals surface area (Å²) < 4.78 is 3.75. The van der Waals surface area contributed by atoms with Gasteiger partial charge in [-0.25, -0.2) is 9.67 Å². The normalized spacial score (nSPS) is 11.4. The van der Waals surface area contributed by atoms with E-state index in [2.05, 4.69) is 5.10 Å². The molecular weight excluding hydrogens is 202 g/mol. The topological polar surface area (TPSA) is 41.1 Å². The SMILES string of the molecule is Cc1cc(=O)c2n([nH]1)c1ccccc1[n+]2C. The molecule has 0 fully saturated rings. The zero-order valence-corrected chi connectivity index (χ0v) is 9.19. The molecule has 0 bridgehead atoms. The van der Waals surface area contributed by atoms with Gasteiger partial charge in [0.25, 0.3) is 5.43 Å². The van der Waals surface area contributed by atoms with Crippen molar-refractivity contribution in [2.75, 3.05) is 0 Å².